The SMILES string of the molecule is CCC=C(C)C(=O)NCCS(=O)(=O)N1CC(C)OC(C)C1. The summed E-state index contributed by atoms with van der Waals surface area (Å²) in [7, 11) is -3.36. The van der Waals surface area contributed by atoms with Gasteiger partial charge in [-0.3, -0.25) is 4.79 Å². The maximum Gasteiger partial charge on any atom is 0.246 e. The predicted octanol–water partition coefficient (Wildman–Crippen LogP) is 0.898. The molecule has 0 spiro atoms. The van der Waals surface area contributed by atoms with Crippen molar-refractivity contribution in [2.24, 2.45) is 0 Å². The highest BCUT2D eigenvalue weighted by atomic mass is 32.2. The van der Waals surface area contributed by atoms with Crippen LogP contribution >= 0.6 is 0 Å². The molecule has 0 aromatic carbocycles. The van der Waals surface area contributed by atoms with Gasteiger partial charge < -0.3 is 10.1 Å². The third-order valence-electron chi connectivity index (χ3n) is 3.29. The normalized spacial score (nSPS) is 24.9. The molecule has 1 aliphatic rings. The fourth-order valence-corrected chi connectivity index (χ4v) is 3.81. The van der Waals surface area contributed by atoms with E-state index in [-0.39, 0.29) is 30.4 Å². The van der Waals surface area contributed by atoms with Crippen molar-refractivity contribution >= 4 is 15.9 Å². The van der Waals surface area contributed by atoms with E-state index >= 15 is 0 Å². The van der Waals surface area contributed by atoms with Gasteiger partial charge in [0.05, 0.1) is 18.0 Å². The Balaban J connectivity index is 2.50. The Kier molecular flexibility index (Phi) is 6.83. The van der Waals surface area contributed by atoms with Gasteiger partial charge in [-0.15, -0.1) is 0 Å². The molecule has 1 amide bonds. The van der Waals surface area contributed by atoms with Crippen molar-refractivity contribution in [1.29, 1.82) is 0 Å². The molecule has 1 fully saturated rings. The summed E-state index contributed by atoms with van der Waals surface area (Å²) in [5.41, 5.74) is 0.614. The molecule has 2 atom stereocenters. The molecule has 1 rings (SSSR count). The minimum absolute atomic E-state index is 0.0857. The zero-order valence-corrected chi connectivity index (χ0v) is 14.1. The number of hydrogen-bond acceptors (Lipinski definition) is 4. The fourth-order valence-electron chi connectivity index (χ4n) is 2.32. The van der Waals surface area contributed by atoms with Gasteiger partial charge in [0.2, 0.25) is 15.9 Å². The van der Waals surface area contributed by atoms with E-state index in [1.807, 2.05) is 26.8 Å². The first-order valence-corrected chi connectivity index (χ1v) is 8.95. The number of sulfonamides is 1. The van der Waals surface area contributed by atoms with Gasteiger partial charge in [0.15, 0.2) is 0 Å². The molecule has 6 nitrogen and oxygen atoms in total. The van der Waals surface area contributed by atoms with Crippen molar-refractivity contribution in [3.63, 3.8) is 0 Å². The van der Waals surface area contributed by atoms with Gasteiger partial charge in [0.1, 0.15) is 0 Å². The first-order valence-electron chi connectivity index (χ1n) is 7.34. The van der Waals surface area contributed by atoms with Crippen LogP contribution in [0, 0.1) is 0 Å². The minimum Gasteiger partial charge on any atom is -0.373 e. The lowest BCUT2D eigenvalue weighted by atomic mass is 10.2. The molecule has 21 heavy (non-hydrogen) atoms. The second kappa shape index (κ2) is 7.91. The lowest BCUT2D eigenvalue weighted by Crippen LogP contribution is -2.49. The highest BCUT2D eigenvalue weighted by Gasteiger charge is 2.30. The van der Waals surface area contributed by atoms with Crippen molar-refractivity contribution in [1.82, 2.24) is 9.62 Å². The molecule has 1 heterocycles. The van der Waals surface area contributed by atoms with Gasteiger partial charge in [-0.2, -0.15) is 4.31 Å². The number of nitrogens with one attached hydrogen (secondary N) is 1. The van der Waals surface area contributed by atoms with E-state index in [4.69, 9.17) is 4.74 Å². The average Bonchev–Trinajstić information content (AvgIpc) is 2.37. The quantitative estimate of drug-likeness (QED) is 0.738. The average molecular weight is 318 g/mol. The van der Waals surface area contributed by atoms with Crippen LogP contribution in [0.15, 0.2) is 11.6 Å². The Hall–Kier alpha value is -0.920. The fraction of sp³-hybridized carbons (Fsp3) is 0.786. The van der Waals surface area contributed by atoms with Crippen LogP contribution in [0.25, 0.3) is 0 Å². The Morgan fingerprint density at radius 2 is 1.90 bits per heavy atom. The first-order chi connectivity index (χ1) is 9.76. The highest BCUT2D eigenvalue weighted by molar-refractivity contribution is 7.89. The van der Waals surface area contributed by atoms with Crippen LogP contribution in [-0.4, -0.2) is 56.2 Å². The predicted molar refractivity (Wildman–Crippen MR) is 82.4 cm³/mol. The molecule has 0 radical (unpaired) electrons. The summed E-state index contributed by atoms with van der Waals surface area (Å²) in [6, 6.07) is 0. The number of carbonyl (C=O) groups is 1. The number of hydrogen-bond donors (Lipinski definition) is 1. The number of rotatable bonds is 6. The van der Waals surface area contributed by atoms with E-state index in [0.717, 1.165) is 6.42 Å². The van der Waals surface area contributed by atoms with Crippen molar-refractivity contribution in [3.8, 4) is 0 Å². The molecule has 1 aliphatic heterocycles. The van der Waals surface area contributed by atoms with Crippen molar-refractivity contribution in [2.45, 2.75) is 46.3 Å². The van der Waals surface area contributed by atoms with Crippen LogP contribution in [0.5, 0.6) is 0 Å². The molecule has 122 valence electrons. The van der Waals surface area contributed by atoms with E-state index in [0.29, 0.717) is 18.7 Å². The Morgan fingerprint density at radius 3 is 2.43 bits per heavy atom. The van der Waals surface area contributed by atoms with Crippen LogP contribution in [0.3, 0.4) is 0 Å². The number of amides is 1. The summed E-state index contributed by atoms with van der Waals surface area (Å²) in [6.45, 7) is 8.25. The number of allylic oxidation sites excluding steroid dienone is 1. The molecule has 0 saturated carbocycles. The summed E-state index contributed by atoms with van der Waals surface area (Å²) < 4.78 is 31.5. The van der Waals surface area contributed by atoms with Gasteiger partial charge in [0, 0.05) is 25.2 Å². The van der Waals surface area contributed by atoms with Crippen LogP contribution in [0.2, 0.25) is 0 Å². The van der Waals surface area contributed by atoms with Crippen LogP contribution in [0.1, 0.15) is 34.1 Å². The lowest BCUT2D eigenvalue weighted by Gasteiger charge is -2.34. The smallest absolute Gasteiger partial charge is 0.246 e. The zero-order valence-electron chi connectivity index (χ0n) is 13.3. The van der Waals surface area contributed by atoms with Gasteiger partial charge in [-0.25, -0.2) is 8.42 Å². The topological polar surface area (TPSA) is 75.7 Å². The summed E-state index contributed by atoms with van der Waals surface area (Å²) >= 11 is 0. The van der Waals surface area contributed by atoms with Crippen molar-refractivity contribution < 1.29 is 17.9 Å². The van der Waals surface area contributed by atoms with Gasteiger partial charge in [-0.05, 0) is 27.2 Å². The van der Waals surface area contributed by atoms with E-state index in [2.05, 4.69) is 5.32 Å². The van der Waals surface area contributed by atoms with E-state index in [1.165, 1.54) is 4.31 Å². The van der Waals surface area contributed by atoms with Crippen molar-refractivity contribution in [2.75, 3.05) is 25.4 Å². The summed E-state index contributed by atoms with van der Waals surface area (Å²) in [5.74, 6) is -0.298. The standard InChI is InChI=1S/C14H26N2O4S/c1-5-6-11(2)14(17)15-7-8-21(18,19)16-9-12(3)20-13(4)10-16/h6,12-13H,5,7-10H2,1-4H3,(H,15,17). The molecule has 1 saturated heterocycles. The molecule has 0 bridgehead atoms. The summed E-state index contributed by atoms with van der Waals surface area (Å²) in [5, 5.41) is 2.64. The number of carbonyl (C=O) groups excluding carboxylic acids is 1. The van der Waals surface area contributed by atoms with Crippen molar-refractivity contribution in [3.05, 3.63) is 11.6 Å². The number of morpholine rings is 1. The first kappa shape index (κ1) is 18.1. The zero-order chi connectivity index (χ0) is 16.0. The van der Waals surface area contributed by atoms with Gasteiger partial charge in [-0.1, -0.05) is 13.0 Å². The van der Waals surface area contributed by atoms with Crippen LogP contribution in [-0.2, 0) is 19.6 Å². The molecule has 1 N–H and O–H groups in total. The van der Waals surface area contributed by atoms with Gasteiger partial charge in [0.25, 0.3) is 0 Å². The molecule has 0 aromatic rings. The monoisotopic (exact) mass is 318 g/mol. The highest BCUT2D eigenvalue weighted by Crippen LogP contribution is 2.14. The molecule has 0 aromatic heterocycles. The van der Waals surface area contributed by atoms with Crippen LogP contribution < -0.4 is 5.32 Å². The number of nitrogens with zero attached hydrogens (tertiary/aromatic N) is 1. The van der Waals surface area contributed by atoms with E-state index < -0.39 is 10.0 Å². The third kappa shape index (κ3) is 5.76. The second-order valence-corrected chi connectivity index (χ2v) is 7.53. The van der Waals surface area contributed by atoms with E-state index in [9.17, 15) is 13.2 Å². The Labute approximate surface area is 127 Å². The van der Waals surface area contributed by atoms with Crippen LogP contribution in [0.4, 0.5) is 0 Å². The largest absolute Gasteiger partial charge is 0.373 e. The second-order valence-electron chi connectivity index (χ2n) is 5.44. The minimum atomic E-state index is -3.36. The Bertz CT molecular complexity index is 477. The molecule has 0 aliphatic carbocycles. The molecular weight excluding hydrogens is 292 g/mol. The lowest BCUT2D eigenvalue weighted by molar-refractivity contribution is -0.117. The summed E-state index contributed by atoms with van der Waals surface area (Å²) in [6.07, 6.45) is 2.39. The maximum absolute atomic E-state index is 12.3. The van der Waals surface area contributed by atoms with Gasteiger partial charge >= 0.3 is 0 Å². The molecule has 2 unspecified atom stereocenters. The number of ether oxygens (including phenoxy) is 1. The Morgan fingerprint density at radius 1 is 1.33 bits per heavy atom. The maximum atomic E-state index is 12.3. The molecular formula is C14H26N2O4S. The third-order valence-corrected chi connectivity index (χ3v) is 5.10. The summed E-state index contributed by atoms with van der Waals surface area (Å²) in [4.78, 5) is 11.7. The van der Waals surface area contributed by atoms with E-state index in [1.54, 1.807) is 6.92 Å². The molecule has 7 heteroatoms.